The molecule has 0 aromatic heterocycles. The Balaban J connectivity index is 1.66. The Morgan fingerprint density at radius 2 is 2.03 bits per heavy atom. The molecule has 1 aromatic rings. The second kappa shape index (κ2) is 13.8. The summed E-state index contributed by atoms with van der Waals surface area (Å²) in [5.74, 6) is -3.03. The van der Waals surface area contributed by atoms with Gasteiger partial charge in [-0.15, -0.1) is 0 Å². The number of hydrogen-bond donors (Lipinski definition) is 3. The zero-order valence-electron chi connectivity index (χ0n) is 22.3. The molecule has 2 aliphatic rings. The Labute approximate surface area is 219 Å². The van der Waals surface area contributed by atoms with Crippen molar-refractivity contribution in [3.8, 4) is 0 Å². The lowest BCUT2D eigenvalue weighted by atomic mass is 9.74. The van der Waals surface area contributed by atoms with E-state index < -0.39 is 17.3 Å². The molecule has 2 amide bonds. The Morgan fingerprint density at radius 1 is 1.27 bits per heavy atom. The van der Waals surface area contributed by atoms with Crippen molar-refractivity contribution in [1.82, 2.24) is 15.5 Å². The van der Waals surface area contributed by atoms with Gasteiger partial charge in [-0.1, -0.05) is 12.1 Å². The number of likely N-dealkylation sites (N-methyl/N-ethyl adjacent to an activating group) is 1. The zero-order valence-corrected chi connectivity index (χ0v) is 22.3. The first-order valence-electron chi connectivity index (χ1n) is 13.7. The van der Waals surface area contributed by atoms with Crippen molar-refractivity contribution in [3.63, 3.8) is 0 Å². The van der Waals surface area contributed by atoms with E-state index in [-0.39, 0.29) is 36.8 Å². The summed E-state index contributed by atoms with van der Waals surface area (Å²) in [6.45, 7) is 2.09. The average Bonchev–Trinajstić information content (AvgIpc) is 2.88. The number of unbranched alkanes of at least 4 members (excludes halogenated alkanes) is 1. The predicted octanol–water partition coefficient (Wildman–Crippen LogP) is 5.06. The monoisotopic (exact) mass is 527 g/mol. The SMILES string of the molecule is CNCC(CC1CCC(F)(F)CC1)NC(=O)N1CCCC(C(O)(CCCCOC)c2cccc(F)c2)C1. The highest BCUT2D eigenvalue weighted by Gasteiger charge is 2.42. The minimum atomic E-state index is -2.57. The number of piperidine rings is 1. The molecule has 0 radical (unpaired) electrons. The number of aliphatic hydroxyl groups is 1. The van der Waals surface area contributed by atoms with Gasteiger partial charge in [0.15, 0.2) is 0 Å². The van der Waals surface area contributed by atoms with Gasteiger partial charge in [0.1, 0.15) is 5.82 Å². The molecule has 1 aliphatic heterocycles. The fourth-order valence-corrected chi connectivity index (χ4v) is 5.98. The first-order chi connectivity index (χ1) is 17.7. The number of alkyl halides is 2. The van der Waals surface area contributed by atoms with Crippen LogP contribution in [-0.4, -0.2) is 68.4 Å². The minimum absolute atomic E-state index is 0.0886. The molecule has 3 unspecified atom stereocenters. The standard InChI is InChI=1S/C28H44F3N3O3/c1-32-19-25(17-21-10-13-27(30,31)14-11-21)33-26(35)34-15-6-8-23(20-34)28(36,12-3-4-16-37-2)22-7-5-9-24(29)18-22/h5,7,9,18,21,23,25,32,36H,3-4,6,8,10-17,19-20H2,1-2H3,(H,33,35). The third-order valence-corrected chi connectivity index (χ3v) is 8.10. The molecule has 2 fully saturated rings. The first-order valence-corrected chi connectivity index (χ1v) is 13.7. The normalized spacial score (nSPS) is 22.9. The summed E-state index contributed by atoms with van der Waals surface area (Å²) in [4.78, 5) is 15.0. The summed E-state index contributed by atoms with van der Waals surface area (Å²) in [7, 11) is 3.45. The lowest BCUT2D eigenvalue weighted by Crippen LogP contribution is -2.54. The number of likely N-dealkylation sites (tertiary alicyclic amines) is 1. The Kier molecular flexibility index (Phi) is 11.1. The van der Waals surface area contributed by atoms with Crippen molar-refractivity contribution in [2.24, 2.45) is 11.8 Å². The van der Waals surface area contributed by atoms with Gasteiger partial charge in [0.2, 0.25) is 5.92 Å². The van der Waals surface area contributed by atoms with E-state index in [1.165, 1.54) is 12.1 Å². The third-order valence-electron chi connectivity index (χ3n) is 8.10. The second-order valence-corrected chi connectivity index (χ2v) is 10.9. The maximum atomic E-state index is 14.1. The highest BCUT2D eigenvalue weighted by atomic mass is 19.3. The number of hydrogen-bond acceptors (Lipinski definition) is 4. The summed E-state index contributed by atoms with van der Waals surface area (Å²) >= 11 is 0. The van der Waals surface area contributed by atoms with E-state index >= 15 is 0 Å². The largest absolute Gasteiger partial charge is 0.385 e. The topological polar surface area (TPSA) is 73.8 Å². The number of ether oxygens (including phenoxy) is 1. The van der Waals surface area contributed by atoms with Crippen LogP contribution in [0.2, 0.25) is 0 Å². The highest BCUT2D eigenvalue weighted by molar-refractivity contribution is 5.74. The van der Waals surface area contributed by atoms with E-state index in [0.29, 0.717) is 63.9 Å². The average molecular weight is 528 g/mol. The quantitative estimate of drug-likeness (QED) is 0.333. The molecule has 6 nitrogen and oxygen atoms in total. The summed E-state index contributed by atoms with van der Waals surface area (Å²) in [5, 5.41) is 18.1. The van der Waals surface area contributed by atoms with E-state index in [9.17, 15) is 23.1 Å². The molecule has 0 spiro atoms. The van der Waals surface area contributed by atoms with Crippen LogP contribution < -0.4 is 10.6 Å². The second-order valence-electron chi connectivity index (χ2n) is 10.9. The van der Waals surface area contributed by atoms with Gasteiger partial charge in [-0.05, 0) is 82.0 Å². The van der Waals surface area contributed by atoms with Gasteiger partial charge >= 0.3 is 6.03 Å². The van der Waals surface area contributed by atoms with Crippen LogP contribution in [0.4, 0.5) is 18.0 Å². The minimum Gasteiger partial charge on any atom is -0.385 e. The summed E-state index contributed by atoms with van der Waals surface area (Å²) in [6, 6.07) is 5.77. The maximum absolute atomic E-state index is 14.1. The van der Waals surface area contributed by atoms with Gasteiger partial charge in [-0.25, -0.2) is 18.0 Å². The van der Waals surface area contributed by atoms with Crippen LogP contribution in [0.5, 0.6) is 0 Å². The fourth-order valence-electron chi connectivity index (χ4n) is 5.98. The van der Waals surface area contributed by atoms with Crippen molar-refractivity contribution in [1.29, 1.82) is 0 Å². The van der Waals surface area contributed by atoms with Crippen LogP contribution in [0.1, 0.15) is 69.8 Å². The highest BCUT2D eigenvalue weighted by Crippen LogP contribution is 2.40. The Bertz CT molecular complexity index is 849. The van der Waals surface area contributed by atoms with E-state index in [1.54, 1.807) is 24.1 Å². The summed E-state index contributed by atoms with van der Waals surface area (Å²) < 4.78 is 46.4. The number of halogens is 3. The van der Waals surface area contributed by atoms with Crippen molar-refractivity contribution >= 4 is 6.03 Å². The van der Waals surface area contributed by atoms with Gasteiger partial charge in [0.05, 0.1) is 5.60 Å². The van der Waals surface area contributed by atoms with Crippen molar-refractivity contribution in [2.75, 3.05) is 40.4 Å². The fraction of sp³-hybridized carbons (Fsp3) is 0.750. The molecule has 1 saturated heterocycles. The molecule has 37 heavy (non-hydrogen) atoms. The summed E-state index contributed by atoms with van der Waals surface area (Å²) in [6.07, 6.45) is 4.85. The number of nitrogens with zero attached hydrogens (tertiary/aromatic N) is 1. The molecular formula is C28H44F3N3O3. The van der Waals surface area contributed by atoms with Crippen LogP contribution in [0.3, 0.4) is 0 Å². The summed E-state index contributed by atoms with van der Waals surface area (Å²) in [5.41, 5.74) is -0.716. The molecule has 1 heterocycles. The van der Waals surface area contributed by atoms with Crippen molar-refractivity contribution in [3.05, 3.63) is 35.6 Å². The van der Waals surface area contributed by atoms with Crippen LogP contribution in [0, 0.1) is 17.7 Å². The number of amides is 2. The van der Waals surface area contributed by atoms with Gasteiger partial charge < -0.3 is 25.4 Å². The molecule has 1 aliphatic carbocycles. The number of carbonyl (C=O) groups excluding carboxylic acids is 1. The number of carbonyl (C=O) groups is 1. The number of rotatable bonds is 12. The molecule has 1 aromatic carbocycles. The molecule has 3 atom stereocenters. The van der Waals surface area contributed by atoms with Gasteiger partial charge in [-0.2, -0.15) is 0 Å². The van der Waals surface area contributed by atoms with E-state index in [0.717, 1.165) is 19.3 Å². The Hall–Kier alpha value is -1.84. The lowest BCUT2D eigenvalue weighted by molar-refractivity contribution is -0.0568. The molecule has 210 valence electrons. The number of nitrogens with one attached hydrogen (secondary N) is 2. The van der Waals surface area contributed by atoms with Crippen LogP contribution >= 0.6 is 0 Å². The van der Waals surface area contributed by atoms with Gasteiger partial charge in [0.25, 0.3) is 0 Å². The molecule has 1 saturated carbocycles. The number of methoxy groups -OCH3 is 1. The van der Waals surface area contributed by atoms with Crippen LogP contribution in [0.25, 0.3) is 0 Å². The molecule has 3 rings (SSSR count). The van der Waals surface area contributed by atoms with Crippen molar-refractivity contribution in [2.45, 2.75) is 81.8 Å². The predicted molar refractivity (Wildman–Crippen MR) is 138 cm³/mol. The van der Waals surface area contributed by atoms with Gasteiger partial charge in [-0.3, -0.25) is 0 Å². The molecule has 3 N–H and O–H groups in total. The number of benzene rings is 1. The van der Waals surface area contributed by atoms with Crippen molar-refractivity contribution < 1.29 is 27.8 Å². The third kappa shape index (κ3) is 8.58. The zero-order chi connectivity index (χ0) is 26.9. The maximum Gasteiger partial charge on any atom is 0.317 e. The van der Waals surface area contributed by atoms with E-state index in [1.807, 2.05) is 7.05 Å². The first kappa shape index (κ1) is 29.7. The smallest absolute Gasteiger partial charge is 0.317 e. The lowest BCUT2D eigenvalue weighted by Gasteiger charge is -2.43. The van der Waals surface area contributed by atoms with E-state index in [4.69, 9.17) is 4.74 Å². The molecule has 0 bridgehead atoms. The Morgan fingerprint density at radius 3 is 2.70 bits per heavy atom. The van der Waals surface area contributed by atoms with E-state index in [2.05, 4.69) is 10.6 Å². The molecule has 9 heteroatoms. The van der Waals surface area contributed by atoms with Gasteiger partial charge in [0, 0.05) is 58.2 Å². The van der Waals surface area contributed by atoms with Crippen LogP contribution in [0.15, 0.2) is 24.3 Å². The number of urea groups is 1. The molecular weight excluding hydrogens is 483 g/mol. The van der Waals surface area contributed by atoms with Crippen LogP contribution in [-0.2, 0) is 10.3 Å².